The molecule has 0 bridgehead atoms. The first-order chi connectivity index (χ1) is 12.4. The van der Waals surface area contributed by atoms with Gasteiger partial charge in [-0.15, -0.1) is 0 Å². The number of aryl methyl sites for hydroxylation is 1. The molecule has 0 spiro atoms. The van der Waals surface area contributed by atoms with Crippen molar-refractivity contribution in [2.45, 2.75) is 20.3 Å². The lowest BCUT2D eigenvalue weighted by Gasteiger charge is -2.07. The Kier molecular flexibility index (Phi) is 6.21. The van der Waals surface area contributed by atoms with E-state index in [9.17, 15) is 9.59 Å². The normalized spacial score (nSPS) is 11.1. The van der Waals surface area contributed by atoms with Crippen LogP contribution >= 0.6 is 11.6 Å². The molecule has 3 N–H and O–H groups in total. The number of primary amides is 1. The molecular weight excluding hydrogens is 354 g/mol. The van der Waals surface area contributed by atoms with Gasteiger partial charge < -0.3 is 15.5 Å². The van der Waals surface area contributed by atoms with Gasteiger partial charge in [0, 0.05) is 22.8 Å². The van der Waals surface area contributed by atoms with E-state index in [1.165, 1.54) is 6.08 Å². The first-order valence-electron chi connectivity index (χ1n) is 7.92. The van der Waals surface area contributed by atoms with Gasteiger partial charge in [0.1, 0.15) is 11.6 Å². The number of aromatic amines is 1. The number of ether oxygens (including phenoxy) is 1. The van der Waals surface area contributed by atoms with Crippen LogP contribution in [-0.4, -0.2) is 23.5 Å². The Morgan fingerprint density at radius 1 is 1.42 bits per heavy atom. The molecule has 2 rings (SSSR count). The van der Waals surface area contributed by atoms with Crippen LogP contribution in [0.5, 0.6) is 0 Å². The monoisotopic (exact) mass is 371 g/mol. The van der Waals surface area contributed by atoms with Gasteiger partial charge in [-0.05, 0) is 43.2 Å². The number of halogens is 1. The van der Waals surface area contributed by atoms with Gasteiger partial charge in [-0.2, -0.15) is 5.26 Å². The number of carbonyl (C=O) groups is 2. The van der Waals surface area contributed by atoms with Crippen molar-refractivity contribution in [2.75, 3.05) is 6.61 Å². The summed E-state index contributed by atoms with van der Waals surface area (Å²) in [5, 5.41) is 9.67. The largest absolute Gasteiger partial charge is 0.462 e. The summed E-state index contributed by atoms with van der Waals surface area (Å²) in [6.07, 6.45) is 1.71. The number of hydrogen-bond donors (Lipinski definition) is 2. The van der Waals surface area contributed by atoms with Crippen LogP contribution in [0.25, 0.3) is 6.08 Å². The van der Waals surface area contributed by atoms with Crippen LogP contribution in [-0.2, 0) is 16.0 Å². The Hall–Kier alpha value is -3.04. The fourth-order valence-corrected chi connectivity index (χ4v) is 2.85. The summed E-state index contributed by atoms with van der Waals surface area (Å²) in [6, 6.07) is 8.97. The van der Waals surface area contributed by atoms with E-state index in [0.29, 0.717) is 34.0 Å². The Morgan fingerprint density at radius 3 is 2.73 bits per heavy atom. The van der Waals surface area contributed by atoms with Crippen molar-refractivity contribution >= 4 is 29.6 Å². The van der Waals surface area contributed by atoms with E-state index < -0.39 is 11.9 Å². The zero-order valence-corrected chi connectivity index (χ0v) is 15.2. The summed E-state index contributed by atoms with van der Waals surface area (Å²) in [4.78, 5) is 26.8. The summed E-state index contributed by atoms with van der Waals surface area (Å²) in [7, 11) is 0. The molecule has 0 atom stereocenters. The summed E-state index contributed by atoms with van der Waals surface area (Å²) >= 11 is 6.04. The van der Waals surface area contributed by atoms with Gasteiger partial charge in [0.2, 0.25) is 0 Å². The zero-order chi connectivity index (χ0) is 19.3. The number of aromatic nitrogens is 1. The Bertz CT molecular complexity index is 923. The maximum Gasteiger partial charge on any atom is 0.340 e. The third kappa shape index (κ3) is 4.32. The predicted molar refractivity (Wildman–Crippen MR) is 98.5 cm³/mol. The van der Waals surface area contributed by atoms with Crippen molar-refractivity contribution < 1.29 is 14.3 Å². The molecule has 7 heteroatoms. The molecule has 1 aromatic heterocycles. The number of hydrogen-bond acceptors (Lipinski definition) is 4. The van der Waals surface area contributed by atoms with Crippen LogP contribution in [0.4, 0.5) is 0 Å². The predicted octanol–water partition coefficient (Wildman–Crippen LogP) is 3.14. The van der Waals surface area contributed by atoms with Gasteiger partial charge in [0.25, 0.3) is 5.91 Å². The number of benzene rings is 1. The molecule has 0 aliphatic heterocycles. The highest BCUT2D eigenvalue weighted by molar-refractivity contribution is 6.30. The Balaban J connectivity index is 2.61. The van der Waals surface area contributed by atoms with Crippen molar-refractivity contribution in [2.24, 2.45) is 5.73 Å². The fraction of sp³-hybridized carbons (Fsp3) is 0.211. The van der Waals surface area contributed by atoms with E-state index in [1.54, 1.807) is 38.1 Å². The van der Waals surface area contributed by atoms with Gasteiger partial charge >= 0.3 is 5.97 Å². The summed E-state index contributed by atoms with van der Waals surface area (Å²) in [6.45, 7) is 3.68. The summed E-state index contributed by atoms with van der Waals surface area (Å²) in [5.74, 6) is -1.32. The molecule has 1 aromatic carbocycles. The lowest BCUT2D eigenvalue weighted by Crippen LogP contribution is -2.12. The average molecular weight is 372 g/mol. The number of nitrogens with zero attached hydrogens (tertiary/aromatic N) is 1. The minimum Gasteiger partial charge on any atom is -0.462 e. The molecule has 6 nitrogen and oxygen atoms in total. The number of H-pyrrole nitrogens is 1. The molecule has 0 unspecified atom stereocenters. The van der Waals surface area contributed by atoms with Gasteiger partial charge in [-0.3, -0.25) is 4.79 Å². The third-order valence-electron chi connectivity index (χ3n) is 3.75. The molecule has 1 amide bonds. The van der Waals surface area contributed by atoms with E-state index >= 15 is 0 Å². The second-order valence-electron chi connectivity index (χ2n) is 5.58. The third-order valence-corrected chi connectivity index (χ3v) is 3.98. The van der Waals surface area contributed by atoms with Crippen molar-refractivity contribution in [1.29, 1.82) is 5.26 Å². The topological polar surface area (TPSA) is 109 Å². The van der Waals surface area contributed by atoms with Gasteiger partial charge in [-0.1, -0.05) is 23.7 Å². The molecule has 0 aliphatic rings. The second kappa shape index (κ2) is 8.37. The number of nitrogens with two attached hydrogens (primary N) is 1. The highest BCUT2D eigenvalue weighted by Crippen LogP contribution is 2.26. The lowest BCUT2D eigenvalue weighted by molar-refractivity contribution is -0.114. The Morgan fingerprint density at radius 2 is 2.15 bits per heavy atom. The average Bonchev–Trinajstić information content (AvgIpc) is 2.87. The standard InChI is InChI=1S/C19H18ClN3O3/c1-3-26-19(25)17-11(2)23-16(9-13(10-21)18(22)24)15(17)8-12-5-4-6-14(20)7-12/h4-7,9,23H,3,8H2,1-2H3,(H2,22,24). The first-order valence-corrected chi connectivity index (χ1v) is 8.29. The molecule has 0 aliphatic carbocycles. The minimum atomic E-state index is -0.842. The highest BCUT2D eigenvalue weighted by atomic mass is 35.5. The number of rotatable bonds is 6. The molecule has 0 saturated carbocycles. The van der Waals surface area contributed by atoms with E-state index in [2.05, 4.69) is 4.98 Å². The zero-order valence-electron chi connectivity index (χ0n) is 14.4. The van der Waals surface area contributed by atoms with E-state index in [-0.39, 0.29) is 12.2 Å². The lowest BCUT2D eigenvalue weighted by atomic mass is 9.99. The van der Waals surface area contributed by atoms with Crippen LogP contribution in [0.15, 0.2) is 29.8 Å². The summed E-state index contributed by atoms with van der Waals surface area (Å²) < 4.78 is 5.14. The molecule has 0 saturated heterocycles. The van der Waals surface area contributed by atoms with E-state index in [4.69, 9.17) is 27.3 Å². The second-order valence-corrected chi connectivity index (χ2v) is 6.01. The quantitative estimate of drug-likeness (QED) is 0.461. The first kappa shape index (κ1) is 19.3. The molecule has 26 heavy (non-hydrogen) atoms. The van der Waals surface area contributed by atoms with Crippen molar-refractivity contribution in [1.82, 2.24) is 4.98 Å². The van der Waals surface area contributed by atoms with Crippen LogP contribution < -0.4 is 5.73 Å². The number of esters is 1. The highest BCUT2D eigenvalue weighted by Gasteiger charge is 2.22. The van der Waals surface area contributed by atoms with E-state index in [0.717, 1.165) is 5.56 Å². The van der Waals surface area contributed by atoms with Crippen LogP contribution in [0.3, 0.4) is 0 Å². The number of nitrogens with one attached hydrogen (secondary N) is 1. The van der Waals surface area contributed by atoms with E-state index in [1.807, 2.05) is 6.07 Å². The smallest absolute Gasteiger partial charge is 0.340 e. The molecule has 1 heterocycles. The van der Waals surface area contributed by atoms with Gasteiger partial charge in [0.05, 0.1) is 12.2 Å². The van der Waals surface area contributed by atoms with Crippen LogP contribution in [0, 0.1) is 18.3 Å². The van der Waals surface area contributed by atoms with Crippen LogP contribution in [0.2, 0.25) is 5.02 Å². The van der Waals surface area contributed by atoms with Crippen molar-refractivity contribution in [3.63, 3.8) is 0 Å². The maximum atomic E-state index is 12.4. The molecule has 134 valence electrons. The molecule has 0 fully saturated rings. The number of carbonyl (C=O) groups excluding carboxylic acids is 2. The Labute approximate surface area is 156 Å². The molecule has 0 radical (unpaired) electrons. The van der Waals surface area contributed by atoms with Crippen molar-refractivity contribution in [3.8, 4) is 6.07 Å². The van der Waals surface area contributed by atoms with Crippen molar-refractivity contribution in [3.05, 3.63) is 62.9 Å². The maximum absolute atomic E-state index is 12.4. The summed E-state index contributed by atoms with van der Waals surface area (Å²) in [5.41, 5.74) is 7.89. The SMILES string of the molecule is CCOC(=O)c1c(C)[nH]c(C=C(C#N)C(N)=O)c1Cc1cccc(Cl)c1. The van der Waals surface area contributed by atoms with Gasteiger partial charge in [0.15, 0.2) is 0 Å². The van der Waals surface area contributed by atoms with Crippen LogP contribution in [0.1, 0.15) is 39.8 Å². The number of nitriles is 1. The minimum absolute atomic E-state index is 0.214. The molecular formula is C19H18ClN3O3. The van der Waals surface area contributed by atoms with Gasteiger partial charge in [-0.25, -0.2) is 4.79 Å². The molecule has 2 aromatic rings. The number of amides is 1. The fourth-order valence-electron chi connectivity index (χ4n) is 2.64.